The zero-order valence-corrected chi connectivity index (χ0v) is 14.7. The van der Waals surface area contributed by atoms with E-state index in [-0.39, 0.29) is 5.54 Å². The molecule has 0 radical (unpaired) electrons. The van der Waals surface area contributed by atoms with Crippen molar-refractivity contribution in [3.63, 3.8) is 0 Å². The van der Waals surface area contributed by atoms with Gasteiger partial charge in [0, 0.05) is 17.8 Å². The van der Waals surface area contributed by atoms with Gasteiger partial charge in [-0.05, 0) is 77.6 Å². The molecule has 22 heavy (non-hydrogen) atoms. The molecule has 3 heteroatoms. The van der Waals surface area contributed by atoms with E-state index in [4.69, 9.17) is 10.5 Å². The Morgan fingerprint density at radius 1 is 1.27 bits per heavy atom. The third-order valence-electron chi connectivity index (χ3n) is 5.28. The molecule has 0 aliphatic carbocycles. The molecule has 0 amide bonds. The maximum Gasteiger partial charge on any atom is 0.0648 e. The van der Waals surface area contributed by atoms with Crippen LogP contribution < -0.4 is 5.73 Å². The molecular weight excluding hydrogens is 272 g/mol. The van der Waals surface area contributed by atoms with Crippen LogP contribution in [0.5, 0.6) is 0 Å². The monoisotopic (exact) mass is 304 g/mol. The average Bonchev–Trinajstić information content (AvgIpc) is 2.92. The molecule has 2 heterocycles. The lowest BCUT2D eigenvalue weighted by Gasteiger charge is -2.42. The Bertz CT molecular complexity index is 472. The molecule has 0 aromatic carbocycles. The smallest absolute Gasteiger partial charge is 0.0648 e. The van der Waals surface area contributed by atoms with Crippen LogP contribution in [0.1, 0.15) is 47.0 Å². The first-order valence-electron chi connectivity index (χ1n) is 8.47. The average molecular weight is 304 g/mol. The number of piperidine rings is 1. The molecule has 0 bridgehead atoms. The van der Waals surface area contributed by atoms with E-state index in [9.17, 15) is 0 Å². The van der Waals surface area contributed by atoms with Crippen LogP contribution >= 0.6 is 0 Å². The Balaban J connectivity index is 2.05. The summed E-state index contributed by atoms with van der Waals surface area (Å²) in [5, 5.41) is 0. The molecule has 0 aromatic rings. The van der Waals surface area contributed by atoms with Gasteiger partial charge in [0.1, 0.15) is 0 Å². The van der Waals surface area contributed by atoms with Gasteiger partial charge >= 0.3 is 0 Å². The van der Waals surface area contributed by atoms with Gasteiger partial charge in [-0.3, -0.25) is 4.90 Å². The van der Waals surface area contributed by atoms with Crippen LogP contribution in [0, 0.1) is 5.92 Å². The summed E-state index contributed by atoms with van der Waals surface area (Å²) in [5.74, 6) is 0.581. The molecule has 2 fully saturated rings. The Morgan fingerprint density at radius 2 is 1.91 bits per heavy atom. The van der Waals surface area contributed by atoms with E-state index in [0.29, 0.717) is 5.92 Å². The van der Waals surface area contributed by atoms with Gasteiger partial charge in [0.15, 0.2) is 0 Å². The van der Waals surface area contributed by atoms with E-state index < -0.39 is 0 Å². The van der Waals surface area contributed by atoms with Gasteiger partial charge in [0.2, 0.25) is 0 Å². The van der Waals surface area contributed by atoms with Gasteiger partial charge in [-0.25, -0.2) is 0 Å². The van der Waals surface area contributed by atoms with Gasteiger partial charge in [-0.2, -0.15) is 0 Å². The van der Waals surface area contributed by atoms with Gasteiger partial charge in [-0.15, -0.1) is 0 Å². The number of nitrogens with two attached hydrogens (primary N) is 1. The van der Waals surface area contributed by atoms with E-state index >= 15 is 0 Å². The minimum Gasteiger partial charge on any atom is -0.399 e. The van der Waals surface area contributed by atoms with Crippen molar-refractivity contribution in [2.24, 2.45) is 11.7 Å². The lowest BCUT2D eigenvalue weighted by Crippen LogP contribution is -2.50. The van der Waals surface area contributed by atoms with E-state index in [1.165, 1.54) is 24.0 Å². The van der Waals surface area contributed by atoms with Gasteiger partial charge < -0.3 is 10.5 Å². The lowest BCUT2D eigenvalue weighted by atomic mass is 9.83. The SMILES string of the molecule is C=C(C)/C(=C\C(N)=C(C)C)C1CCN(C2(C)CCOC2)CC1. The molecule has 0 aromatic heterocycles. The fourth-order valence-corrected chi connectivity index (χ4v) is 3.54. The molecule has 0 saturated carbocycles. The Kier molecular flexibility index (Phi) is 5.51. The molecule has 1 atom stereocenters. The summed E-state index contributed by atoms with van der Waals surface area (Å²) < 4.78 is 5.62. The highest BCUT2D eigenvalue weighted by molar-refractivity contribution is 5.37. The number of rotatable bonds is 4. The van der Waals surface area contributed by atoms with E-state index in [1.807, 2.05) is 0 Å². The minimum absolute atomic E-state index is 0.247. The van der Waals surface area contributed by atoms with Gasteiger partial charge in [0.05, 0.1) is 6.61 Å². The Labute approximate surface area is 135 Å². The van der Waals surface area contributed by atoms with E-state index in [0.717, 1.165) is 44.0 Å². The van der Waals surface area contributed by atoms with Crippen LogP contribution in [0.4, 0.5) is 0 Å². The minimum atomic E-state index is 0.247. The molecule has 124 valence electrons. The number of hydrogen-bond donors (Lipinski definition) is 1. The van der Waals surface area contributed by atoms with Crippen LogP contribution in [-0.2, 0) is 4.74 Å². The third kappa shape index (κ3) is 3.82. The molecule has 2 aliphatic rings. The molecule has 3 nitrogen and oxygen atoms in total. The van der Waals surface area contributed by atoms with Crippen LogP contribution in [0.25, 0.3) is 0 Å². The van der Waals surface area contributed by atoms with Crippen LogP contribution in [0.3, 0.4) is 0 Å². The van der Waals surface area contributed by atoms with Crippen LogP contribution in [-0.4, -0.2) is 36.7 Å². The summed E-state index contributed by atoms with van der Waals surface area (Å²) in [5.41, 5.74) is 10.9. The van der Waals surface area contributed by atoms with Crippen molar-refractivity contribution in [3.8, 4) is 0 Å². The largest absolute Gasteiger partial charge is 0.399 e. The highest BCUT2D eigenvalue weighted by atomic mass is 16.5. The molecule has 2 rings (SSSR count). The van der Waals surface area contributed by atoms with Crippen molar-refractivity contribution in [1.82, 2.24) is 4.90 Å². The summed E-state index contributed by atoms with van der Waals surface area (Å²) in [6, 6.07) is 0. The maximum atomic E-state index is 6.14. The van der Waals surface area contributed by atoms with E-state index in [2.05, 4.69) is 45.2 Å². The first-order chi connectivity index (χ1) is 10.3. The molecule has 2 aliphatic heterocycles. The van der Waals surface area contributed by atoms with Gasteiger partial charge in [-0.1, -0.05) is 17.7 Å². The van der Waals surface area contributed by atoms with Crippen molar-refractivity contribution in [2.45, 2.75) is 52.5 Å². The highest BCUT2D eigenvalue weighted by Crippen LogP contribution is 2.34. The quantitative estimate of drug-likeness (QED) is 0.806. The highest BCUT2D eigenvalue weighted by Gasteiger charge is 2.38. The standard InChI is InChI=1S/C19H32N2O/c1-14(2)17(12-18(20)15(3)4)16-6-9-21(10-7-16)19(5)8-11-22-13-19/h12,16H,1,6-11,13,20H2,2-5H3/b17-12+. The number of hydrogen-bond acceptors (Lipinski definition) is 3. The second-order valence-electron chi connectivity index (χ2n) is 7.40. The first-order valence-corrected chi connectivity index (χ1v) is 8.47. The first kappa shape index (κ1) is 17.3. The number of nitrogens with zero attached hydrogens (tertiary/aromatic N) is 1. The fraction of sp³-hybridized carbons (Fsp3) is 0.684. The number of likely N-dealkylation sites (tertiary alicyclic amines) is 1. The Morgan fingerprint density at radius 3 is 2.36 bits per heavy atom. The van der Waals surface area contributed by atoms with Crippen LogP contribution in [0.15, 0.2) is 35.1 Å². The Hall–Kier alpha value is -1.06. The molecule has 2 N–H and O–H groups in total. The second-order valence-corrected chi connectivity index (χ2v) is 7.40. The van der Waals surface area contributed by atoms with Crippen molar-refractivity contribution >= 4 is 0 Å². The van der Waals surface area contributed by atoms with Crippen LogP contribution in [0.2, 0.25) is 0 Å². The maximum absolute atomic E-state index is 6.14. The van der Waals surface area contributed by atoms with Gasteiger partial charge in [0.25, 0.3) is 0 Å². The molecule has 2 saturated heterocycles. The topological polar surface area (TPSA) is 38.5 Å². The normalized spacial score (nSPS) is 27.9. The fourth-order valence-electron chi connectivity index (χ4n) is 3.54. The zero-order chi connectivity index (χ0) is 16.3. The summed E-state index contributed by atoms with van der Waals surface area (Å²) in [6.07, 6.45) is 5.68. The lowest BCUT2D eigenvalue weighted by molar-refractivity contribution is 0.0538. The number of allylic oxidation sites excluding steroid dienone is 4. The predicted molar refractivity (Wildman–Crippen MR) is 93.6 cm³/mol. The molecule has 1 unspecified atom stereocenters. The van der Waals surface area contributed by atoms with Crippen molar-refractivity contribution in [1.29, 1.82) is 0 Å². The van der Waals surface area contributed by atoms with Crippen molar-refractivity contribution in [3.05, 3.63) is 35.1 Å². The summed E-state index contributed by atoms with van der Waals surface area (Å²) in [7, 11) is 0. The second kappa shape index (κ2) is 7.01. The molecule has 0 spiro atoms. The third-order valence-corrected chi connectivity index (χ3v) is 5.28. The molecular formula is C19H32N2O. The zero-order valence-electron chi connectivity index (χ0n) is 14.7. The summed E-state index contributed by atoms with van der Waals surface area (Å²) in [6.45, 7) is 16.8. The van der Waals surface area contributed by atoms with E-state index in [1.54, 1.807) is 0 Å². The van der Waals surface area contributed by atoms with Crippen molar-refractivity contribution < 1.29 is 4.74 Å². The summed E-state index contributed by atoms with van der Waals surface area (Å²) >= 11 is 0. The van der Waals surface area contributed by atoms with Crippen molar-refractivity contribution in [2.75, 3.05) is 26.3 Å². The number of ether oxygens (including phenoxy) is 1. The summed E-state index contributed by atoms with van der Waals surface area (Å²) in [4.78, 5) is 2.62. The predicted octanol–water partition coefficient (Wildman–Crippen LogP) is 3.63.